The molecule has 3 aromatic carbocycles. The molecule has 15 heteroatoms. The van der Waals surface area contributed by atoms with E-state index in [2.05, 4.69) is 43.1 Å². The van der Waals surface area contributed by atoms with E-state index in [1.807, 2.05) is 42.2 Å². The fourth-order valence-electron chi connectivity index (χ4n) is 10.7. The summed E-state index contributed by atoms with van der Waals surface area (Å²) in [6.45, 7) is 10.9. The van der Waals surface area contributed by atoms with Crippen molar-refractivity contribution < 1.29 is 28.7 Å². The van der Waals surface area contributed by atoms with Gasteiger partial charge in [-0.15, -0.1) is 0 Å². The van der Waals surface area contributed by atoms with Gasteiger partial charge < -0.3 is 24.3 Å². The van der Waals surface area contributed by atoms with Gasteiger partial charge in [-0.3, -0.25) is 39.1 Å². The number of nitrogens with zero attached hydrogens (tertiary/aromatic N) is 7. The Kier molecular flexibility index (Phi) is 11.2. The zero-order valence-electron chi connectivity index (χ0n) is 35.5. The Balaban J connectivity index is 0.738. The minimum Gasteiger partial charge on any atom is -0.377 e. The van der Waals surface area contributed by atoms with Crippen LogP contribution in [0, 0.1) is 23.7 Å². The maximum atomic E-state index is 13.7. The SMILES string of the molecule is COC1(CN2CCN(C(=O)c3ccc(N4CCC5(CC4)CCN(c4ccc(C#N)c(Cl)c4C)C5)cc3)CC2)CCN(c2ccc3c(c2)C(=O)N(C2CCC(=O)NC2=O)C3=O)CC1. The number of piperazine rings is 1. The normalized spacial score (nSPS) is 22.6. The number of imide groups is 2. The second kappa shape index (κ2) is 16.7. The van der Waals surface area contributed by atoms with Crippen LogP contribution in [0.4, 0.5) is 17.1 Å². The third kappa shape index (κ3) is 7.69. The highest BCUT2D eigenvalue weighted by Crippen LogP contribution is 2.44. The molecule has 5 amide bonds. The van der Waals surface area contributed by atoms with Gasteiger partial charge in [0.05, 0.1) is 27.3 Å². The average Bonchev–Trinajstić information content (AvgIpc) is 3.81. The molecule has 0 aromatic heterocycles. The van der Waals surface area contributed by atoms with Crippen LogP contribution in [-0.4, -0.2) is 135 Å². The van der Waals surface area contributed by atoms with Gasteiger partial charge >= 0.3 is 0 Å². The molecule has 14 nitrogen and oxygen atoms in total. The van der Waals surface area contributed by atoms with E-state index in [1.165, 1.54) is 0 Å². The Bertz CT molecular complexity index is 2340. The minimum absolute atomic E-state index is 0.0579. The first-order valence-corrected chi connectivity index (χ1v) is 22.2. The van der Waals surface area contributed by atoms with Crippen molar-refractivity contribution in [3.05, 3.63) is 87.4 Å². The first kappa shape index (κ1) is 41.8. The number of amides is 5. The lowest BCUT2D eigenvalue weighted by Crippen LogP contribution is -2.56. The quantitative estimate of drug-likeness (QED) is 0.310. The number of piperidine rings is 3. The van der Waals surface area contributed by atoms with Crippen molar-refractivity contribution >= 4 is 58.2 Å². The Hall–Kier alpha value is -5.49. The predicted molar refractivity (Wildman–Crippen MR) is 235 cm³/mol. The molecule has 5 fully saturated rings. The molecular formula is C47H53ClN8O6. The van der Waals surface area contributed by atoms with Gasteiger partial charge in [0, 0.05) is 108 Å². The molecule has 324 valence electrons. The van der Waals surface area contributed by atoms with Gasteiger partial charge in [0.15, 0.2) is 0 Å². The maximum absolute atomic E-state index is 13.7. The number of ether oxygens (including phenoxy) is 1. The zero-order chi connectivity index (χ0) is 43.3. The van der Waals surface area contributed by atoms with Crippen molar-refractivity contribution in [2.45, 2.75) is 63.5 Å². The molecule has 1 N–H and O–H groups in total. The number of carbonyl (C=O) groups is 5. The molecule has 1 spiro atoms. The molecule has 6 aliphatic rings. The Morgan fingerprint density at radius 3 is 2.10 bits per heavy atom. The number of hydrogen-bond donors (Lipinski definition) is 1. The number of halogens is 1. The van der Waals surface area contributed by atoms with Gasteiger partial charge in [-0.1, -0.05) is 11.6 Å². The van der Waals surface area contributed by atoms with E-state index >= 15 is 0 Å². The number of carbonyl (C=O) groups excluding carboxylic acids is 5. The van der Waals surface area contributed by atoms with E-state index in [1.54, 1.807) is 19.2 Å². The van der Waals surface area contributed by atoms with E-state index < -0.39 is 29.7 Å². The van der Waals surface area contributed by atoms with Crippen LogP contribution < -0.4 is 20.0 Å². The lowest BCUT2D eigenvalue weighted by Gasteiger charge is -2.45. The number of fused-ring (bicyclic) bond motifs is 1. The van der Waals surface area contributed by atoms with Gasteiger partial charge in [-0.2, -0.15) is 5.26 Å². The van der Waals surface area contributed by atoms with Crippen molar-refractivity contribution in [3.63, 3.8) is 0 Å². The van der Waals surface area contributed by atoms with Crippen molar-refractivity contribution in [1.29, 1.82) is 5.26 Å². The number of hydrogen-bond acceptors (Lipinski definition) is 11. The third-order valence-electron chi connectivity index (χ3n) is 14.6. The summed E-state index contributed by atoms with van der Waals surface area (Å²) in [7, 11) is 1.77. The topological polar surface area (TPSA) is 150 Å². The molecule has 62 heavy (non-hydrogen) atoms. The van der Waals surface area contributed by atoms with E-state index in [-0.39, 0.29) is 40.9 Å². The molecule has 0 aliphatic carbocycles. The van der Waals surface area contributed by atoms with Crippen LogP contribution >= 0.6 is 11.6 Å². The molecule has 3 aromatic rings. The predicted octanol–water partition coefficient (Wildman–Crippen LogP) is 4.86. The van der Waals surface area contributed by atoms with Crippen LogP contribution in [0.2, 0.25) is 5.02 Å². The lowest BCUT2D eigenvalue weighted by atomic mass is 9.77. The highest BCUT2D eigenvalue weighted by atomic mass is 35.5. The monoisotopic (exact) mass is 860 g/mol. The number of methoxy groups -OCH3 is 1. The molecule has 6 aliphatic heterocycles. The van der Waals surface area contributed by atoms with Crippen molar-refractivity contribution in [2.24, 2.45) is 5.41 Å². The van der Waals surface area contributed by atoms with Gasteiger partial charge in [0.2, 0.25) is 11.8 Å². The first-order valence-electron chi connectivity index (χ1n) is 21.9. The van der Waals surface area contributed by atoms with Crippen LogP contribution in [0.1, 0.15) is 87.1 Å². The summed E-state index contributed by atoms with van der Waals surface area (Å²) >= 11 is 6.51. The second-order valence-electron chi connectivity index (χ2n) is 18.0. The van der Waals surface area contributed by atoms with Crippen LogP contribution in [0.3, 0.4) is 0 Å². The summed E-state index contributed by atoms with van der Waals surface area (Å²) < 4.78 is 6.20. The van der Waals surface area contributed by atoms with Gasteiger partial charge in [0.1, 0.15) is 12.1 Å². The number of anilines is 3. The molecule has 6 heterocycles. The number of nitriles is 1. The molecule has 5 saturated heterocycles. The van der Waals surface area contributed by atoms with Crippen LogP contribution in [0.5, 0.6) is 0 Å². The Morgan fingerprint density at radius 1 is 0.806 bits per heavy atom. The standard InChI is InChI=1S/C47H53ClN8O6/c1-31-38(10-5-33(28-49)41(31)48)55-20-15-46(29-55)13-18-52(19-14-46)34-6-3-32(4-7-34)43(59)54-25-23-51(24-26-54)30-47(62-2)16-21-53(22-17-47)35-8-9-36-37(27-35)45(61)56(44(36)60)39-11-12-40(57)50-42(39)58/h3-10,27,39H,11-26,29-30H2,1-2H3,(H,50,57,58). The summed E-state index contributed by atoms with van der Waals surface area (Å²) in [4.78, 5) is 76.9. The second-order valence-corrected chi connectivity index (χ2v) is 18.4. The van der Waals surface area contributed by atoms with E-state index in [9.17, 15) is 29.2 Å². The summed E-state index contributed by atoms with van der Waals surface area (Å²) in [6.07, 6.45) is 5.09. The molecule has 0 saturated carbocycles. The van der Waals surface area contributed by atoms with Crippen LogP contribution in [-0.2, 0) is 14.3 Å². The number of nitrogens with one attached hydrogen (secondary N) is 1. The van der Waals surface area contributed by atoms with E-state index in [0.717, 1.165) is 105 Å². The van der Waals surface area contributed by atoms with Crippen LogP contribution in [0.15, 0.2) is 54.6 Å². The molecular weight excluding hydrogens is 808 g/mol. The van der Waals surface area contributed by atoms with Crippen molar-refractivity contribution in [2.75, 3.05) is 93.8 Å². The summed E-state index contributed by atoms with van der Waals surface area (Å²) in [5.74, 6) is -1.98. The smallest absolute Gasteiger partial charge is 0.262 e. The molecule has 9 rings (SSSR count). The fraction of sp³-hybridized carbons (Fsp3) is 0.489. The minimum atomic E-state index is -0.994. The van der Waals surface area contributed by atoms with E-state index in [4.69, 9.17) is 16.3 Å². The Labute approximate surface area is 367 Å². The summed E-state index contributed by atoms with van der Waals surface area (Å²) in [5.41, 5.74) is 5.79. The van der Waals surface area contributed by atoms with Crippen molar-refractivity contribution in [1.82, 2.24) is 20.0 Å². The molecule has 1 unspecified atom stereocenters. The largest absolute Gasteiger partial charge is 0.377 e. The van der Waals surface area contributed by atoms with Gasteiger partial charge in [-0.25, -0.2) is 0 Å². The molecule has 0 bridgehead atoms. The lowest BCUT2D eigenvalue weighted by molar-refractivity contribution is -0.136. The Morgan fingerprint density at radius 2 is 1.44 bits per heavy atom. The summed E-state index contributed by atoms with van der Waals surface area (Å²) in [5, 5.41) is 12.2. The van der Waals surface area contributed by atoms with Crippen molar-refractivity contribution in [3.8, 4) is 6.07 Å². The number of benzene rings is 3. The highest BCUT2D eigenvalue weighted by molar-refractivity contribution is 6.33. The van der Waals surface area contributed by atoms with Gasteiger partial charge in [-0.05, 0) is 111 Å². The third-order valence-corrected chi connectivity index (χ3v) is 15.1. The zero-order valence-corrected chi connectivity index (χ0v) is 36.2. The first-order chi connectivity index (χ1) is 29.9. The molecule has 0 radical (unpaired) electrons. The van der Waals surface area contributed by atoms with E-state index in [0.29, 0.717) is 42.3 Å². The van der Waals surface area contributed by atoms with Gasteiger partial charge in [0.25, 0.3) is 17.7 Å². The summed E-state index contributed by atoms with van der Waals surface area (Å²) in [6, 6.07) is 18.5. The highest BCUT2D eigenvalue weighted by Gasteiger charge is 2.46. The maximum Gasteiger partial charge on any atom is 0.262 e. The average molecular weight is 861 g/mol. The number of rotatable bonds is 8. The van der Waals surface area contributed by atoms with Crippen LogP contribution in [0.25, 0.3) is 0 Å². The fourth-order valence-corrected chi connectivity index (χ4v) is 10.9. The molecule has 1 atom stereocenters.